The zero-order chi connectivity index (χ0) is 19.5. The molecule has 2 aromatic carbocycles. The molecule has 0 radical (unpaired) electrons. The second-order valence-electron chi connectivity index (χ2n) is 5.88. The van der Waals surface area contributed by atoms with Crippen LogP contribution in [0, 0.1) is 11.6 Å². The first-order valence-corrected chi connectivity index (χ1v) is 9.21. The Hall–Kier alpha value is -2.52. The van der Waals surface area contributed by atoms with Crippen molar-refractivity contribution in [1.29, 1.82) is 0 Å². The van der Waals surface area contributed by atoms with Crippen LogP contribution in [0.15, 0.2) is 47.4 Å². The third-order valence-corrected chi connectivity index (χ3v) is 4.71. The summed E-state index contributed by atoms with van der Waals surface area (Å²) in [5, 5.41) is 7.78. The summed E-state index contributed by atoms with van der Waals surface area (Å²) in [7, 11) is -2.38. The Labute approximate surface area is 150 Å². The molecule has 26 heavy (non-hydrogen) atoms. The van der Waals surface area contributed by atoms with Crippen LogP contribution in [0.4, 0.5) is 13.6 Å². The maximum atomic E-state index is 13.7. The molecule has 3 N–H and O–H groups in total. The molecule has 6 nitrogen and oxygen atoms in total. The maximum absolute atomic E-state index is 13.7. The molecule has 1 atom stereocenters. The van der Waals surface area contributed by atoms with Crippen molar-refractivity contribution in [3.8, 4) is 0 Å². The summed E-state index contributed by atoms with van der Waals surface area (Å²) >= 11 is 0. The van der Waals surface area contributed by atoms with Gasteiger partial charge in [0, 0.05) is 25.2 Å². The smallest absolute Gasteiger partial charge is 0.317 e. The number of sulfonamides is 1. The van der Waals surface area contributed by atoms with Gasteiger partial charge in [-0.25, -0.2) is 27.1 Å². The van der Waals surface area contributed by atoms with Crippen LogP contribution < -0.4 is 10.5 Å². The predicted octanol–water partition coefficient (Wildman–Crippen LogP) is 2.51. The summed E-state index contributed by atoms with van der Waals surface area (Å²) in [5.41, 5.74) is 0.721. The molecule has 1 unspecified atom stereocenters. The number of nitrogens with zero attached hydrogens (tertiary/aromatic N) is 1. The van der Waals surface area contributed by atoms with Crippen LogP contribution in [0.1, 0.15) is 24.1 Å². The average molecular weight is 383 g/mol. The Morgan fingerprint density at radius 1 is 1.23 bits per heavy atom. The highest BCUT2D eigenvalue weighted by Gasteiger charge is 2.17. The molecule has 0 fully saturated rings. The predicted molar refractivity (Wildman–Crippen MR) is 92.6 cm³/mol. The number of nitrogens with one attached hydrogen (secondary N) is 1. The van der Waals surface area contributed by atoms with Crippen LogP contribution in [-0.4, -0.2) is 26.4 Å². The van der Waals surface area contributed by atoms with Crippen LogP contribution in [-0.2, 0) is 16.6 Å². The Balaban J connectivity index is 2.06. The lowest BCUT2D eigenvalue weighted by molar-refractivity contribution is 0.203. The lowest BCUT2D eigenvalue weighted by Gasteiger charge is -2.22. The van der Waals surface area contributed by atoms with Gasteiger partial charge in [-0.15, -0.1) is 0 Å². The van der Waals surface area contributed by atoms with Crippen molar-refractivity contribution in [2.45, 2.75) is 24.4 Å². The molecule has 0 saturated heterocycles. The van der Waals surface area contributed by atoms with E-state index in [1.54, 1.807) is 13.0 Å². The van der Waals surface area contributed by atoms with E-state index < -0.39 is 33.7 Å². The van der Waals surface area contributed by atoms with Crippen LogP contribution in [0.5, 0.6) is 0 Å². The molecule has 140 valence electrons. The lowest BCUT2D eigenvalue weighted by Crippen LogP contribution is -2.38. The summed E-state index contributed by atoms with van der Waals surface area (Å²) in [4.78, 5) is 13.4. The van der Waals surface area contributed by atoms with E-state index in [0.29, 0.717) is 5.56 Å². The molecule has 2 rings (SSSR count). The van der Waals surface area contributed by atoms with Crippen molar-refractivity contribution in [2.75, 3.05) is 7.05 Å². The number of hydrogen-bond donors (Lipinski definition) is 2. The SMILES string of the molecule is CC(NC(=O)N(C)Cc1ccc(F)cc1F)c1cccc(S(N)(=O)=O)c1. The highest BCUT2D eigenvalue weighted by Crippen LogP contribution is 2.17. The van der Waals surface area contributed by atoms with E-state index in [9.17, 15) is 22.0 Å². The van der Waals surface area contributed by atoms with Gasteiger partial charge in [0.25, 0.3) is 0 Å². The van der Waals surface area contributed by atoms with Crippen molar-refractivity contribution in [3.63, 3.8) is 0 Å². The average Bonchev–Trinajstić information content (AvgIpc) is 2.56. The van der Waals surface area contributed by atoms with Crippen LogP contribution >= 0.6 is 0 Å². The Kier molecular flexibility index (Phi) is 5.94. The third-order valence-electron chi connectivity index (χ3n) is 3.80. The first-order valence-electron chi connectivity index (χ1n) is 7.66. The number of primary sulfonamides is 1. The second-order valence-corrected chi connectivity index (χ2v) is 7.44. The van der Waals surface area contributed by atoms with Crippen molar-refractivity contribution in [3.05, 3.63) is 65.2 Å². The van der Waals surface area contributed by atoms with Gasteiger partial charge >= 0.3 is 6.03 Å². The topological polar surface area (TPSA) is 92.5 Å². The number of halogens is 2. The van der Waals surface area contributed by atoms with Crippen molar-refractivity contribution >= 4 is 16.1 Å². The lowest BCUT2D eigenvalue weighted by atomic mass is 10.1. The maximum Gasteiger partial charge on any atom is 0.317 e. The van der Waals surface area contributed by atoms with Crippen molar-refractivity contribution < 1.29 is 22.0 Å². The number of carbonyl (C=O) groups excluding carboxylic acids is 1. The van der Waals surface area contributed by atoms with E-state index in [1.165, 1.54) is 36.2 Å². The number of nitrogens with two attached hydrogens (primary N) is 1. The molecular formula is C17H19F2N3O3S. The molecule has 2 aromatic rings. The standard InChI is InChI=1S/C17H19F2N3O3S/c1-11(12-4-3-5-15(8-12)26(20,24)25)21-17(23)22(2)10-13-6-7-14(18)9-16(13)19/h3-9,11H,10H2,1-2H3,(H,21,23)(H2,20,24,25). The minimum atomic E-state index is -3.85. The fourth-order valence-electron chi connectivity index (χ4n) is 2.32. The minimum Gasteiger partial charge on any atom is -0.331 e. The minimum absolute atomic E-state index is 0.0537. The molecule has 2 amide bonds. The van der Waals surface area contributed by atoms with Gasteiger partial charge in [0.1, 0.15) is 11.6 Å². The number of rotatable bonds is 5. The Bertz CT molecular complexity index is 919. The fourth-order valence-corrected chi connectivity index (χ4v) is 2.89. The highest BCUT2D eigenvalue weighted by atomic mass is 32.2. The highest BCUT2D eigenvalue weighted by molar-refractivity contribution is 7.89. The molecule has 0 aliphatic heterocycles. The quantitative estimate of drug-likeness (QED) is 0.831. The number of amides is 2. The first-order chi connectivity index (χ1) is 12.1. The third kappa shape index (κ3) is 4.99. The molecular weight excluding hydrogens is 364 g/mol. The van der Waals surface area contributed by atoms with Gasteiger partial charge in [-0.05, 0) is 30.7 Å². The summed E-state index contributed by atoms with van der Waals surface area (Å²) in [6, 6.07) is 8.04. The molecule has 0 saturated carbocycles. The first kappa shape index (κ1) is 19.8. The number of benzene rings is 2. The zero-order valence-corrected chi connectivity index (χ0v) is 15.1. The van der Waals surface area contributed by atoms with Crippen LogP contribution in [0.3, 0.4) is 0 Å². The molecule has 0 spiro atoms. The summed E-state index contributed by atoms with van der Waals surface area (Å²) in [6.45, 7) is 1.62. The van der Waals surface area contributed by atoms with Gasteiger partial charge in [-0.3, -0.25) is 0 Å². The van der Waals surface area contributed by atoms with E-state index in [-0.39, 0.29) is 17.0 Å². The van der Waals surface area contributed by atoms with E-state index in [2.05, 4.69) is 5.32 Å². The van der Waals surface area contributed by atoms with Gasteiger partial charge in [0.05, 0.1) is 10.9 Å². The number of carbonyl (C=O) groups is 1. The van der Waals surface area contributed by atoms with Crippen molar-refractivity contribution in [1.82, 2.24) is 10.2 Å². The number of hydrogen-bond acceptors (Lipinski definition) is 3. The fraction of sp³-hybridized carbons (Fsp3) is 0.235. The number of urea groups is 1. The second kappa shape index (κ2) is 7.79. The summed E-state index contributed by atoms with van der Waals surface area (Å²) in [5.74, 6) is -1.43. The molecule has 0 aromatic heterocycles. The van der Waals surface area contributed by atoms with Gasteiger partial charge in [0.15, 0.2) is 0 Å². The van der Waals surface area contributed by atoms with Crippen LogP contribution in [0.2, 0.25) is 0 Å². The van der Waals surface area contributed by atoms with E-state index in [4.69, 9.17) is 5.14 Å². The largest absolute Gasteiger partial charge is 0.331 e. The Morgan fingerprint density at radius 3 is 2.54 bits per heavy atom. The van der Waals surface area contributed by atoms with Crippen LogP contribution in [0.25, 0.3) is 0 Å². The molecule has 0 aliphatic carbocycles. The molecule has 0 heterocycles. The van der Waals surface area contributed by atoms with Gasteiger partial charge in [-0.2, -0.15) is 0 Å². The Morgan fingerprint density at radius 2 is 1.92 bits per heavy atom. The van der Waals surface area contributed by atoms with Crippen molar-refractivity contribution in [2.24, 2.45) is 5.14 Å². The normalized spacial score (nSPS) is 12.5. The van der Waals surface area contributed by atoms with E-state index in [0.717, 1.165) is 12.1 Å². The van der Waals surface area contributed by atoms with E-state index in [1.807, 2.05) is 0 Å². The molecule has 0 aliphatic rings. The van der Waals surface area contributed by atoms with Gasteiger partial charge in [0.2, 0.25) is 10.0 Å². The van der Waals surface area contributed by atoms with E-state index >= 15 is 0 Å². The molecule has 0 bridgehead atoms. The monoisotopic (exact) mass is 383 g/mol. The van der Waals surface area contributed by atoms with Gasteiger partial charge in [-0.1, -0.05) is 18.2 Å². The summed E-state index contributed by atoms with van der Waals surface area (Å²) < 4.78 is 49.5. The zero-order valence-electron chi connectivity index (χ0n) is 14.2. The molecule has 9 heteroatoms. The van der Waals surface area contributed by atoms with Gasteiger partial charge < -0.3 is 10.2 Å². The summed E-state index contributed by atoms with van der Waals surface area (Å²) in [6.07, 6.45) is 0.